The summed E-state index contributed by atoms with van der Waals surface area (Å²) in [5.41, 5.74) is 1.51. The molecule has 2 heteroatoms. The Kier molecular flexibility index (Phi) is 9.18. The molecule has 0 aromatic heterocycles. The first kappa shape index (κ1) is 21.7. The lowest BCUT2D eigenvalue weighted by atomic mass is 9.81. The van der Waals surface area contributed by atoms with Gasteiger partial charge in [0.15, 0.2) is 0 Å². The Bertz CT molecular complexity index is 522. The number of nitrogens with zero attached hydrogens (tertiary/aromatic N) is 1. The predicted octanol–water partition coefficient (Wildman–Crippen LogP) is 7.18. The van der Waals surface area contributed by atoms with Gasteiger partial charge in [-0.15, -0.1) is 0 Å². The lowest BCUT2D eigenvalue weighted by Gasteiger charge is -2.32. The Balaban J connectivity index is 1.28. The topological polar surface area (TPSA) is 12.5 Å². The Morgan fingerprint density at radius 3 is 2.11 bits per heavy atom. The van der Waals surface area contributed by atoms with Gasteiger partial charge in [-0.3, -0.25) is 0 Å². The van der Waals surface area contributed by atoms with Crippen molar-refractivity contribution < 1.29 is 4.74 Å². The normalized spacial score (nSPS) is 24.2. The number of benzene rings is 1. The van der Waals surface area contributed by atoms with Crippen LogP contribution < -0.4 is 4.74 Å². The molecule has 2 aliphatic carbocycles. The highest BCUT2D eigenvalue weighted by atomic mass is 16.5. The summed E-state index contributed by atoms with van der Waals surface area (Å²) >= 11 is 0. The van der Waals surface area contributed by atoms with E-state index in [1.807, 2.05) is 0 Å². The third-order valence-electron chi connectivity index (χ3n) is 7.28. The second-order valence-electron chi connectivity index (χ2n) is 9.59. The van der Waals surface area contributed by atoms with Crippen LogP contribution in [0.15, 0.2) is 24.3 Å². The monoisotopic (exact) mass is 385 g/mol. The van der Waals surface area contributed by atoms with E-state index in [0.717, 1.165) is 30.2 Å². The highest BCUT2D eigenvalue weighted by Crippen LogP contribution is 2.34. The van der Waals surface area contributed by atoms with Gasteiger partial charge < -0.3 is 9.64 Å². The van der Waals surface area contributed by atoms with Crippen molar-refractivity contribution in [1.82, 2.24) is 4.90 Å². The number of hydrogen-bond acceptors (Lipinski definition) is 2. The molecule has 2 nitrogen and oxygen atoms in total. The first-order chi connectivity index (χ1) is 13.7. The summed E-state index contributed by atoms with van der Waals surface area (Å²) in [4.78, 5) is 2.39. The van der Waals surface area contributed by atoms with E-state index >= 15 is 0 Å². The maximum atomic E-state index is 6.00. The number of hydrogen-bond donors (Lipinski definition) is 0. The van der Waals surface area contributed by atoms with Crippen molar-refractivity contribution in [3.05, 3.63) is 29.8 Å². The molecular weight excluding hydrogens is 342 g/mol. The molecule has 0 amide bonds. The van der Waals surface area contributed by atoms with Gasteiger partial charge >= 0.3 is 0 Å². The van der Waals surface area contributed by atoms with E-state index < -0.39 is 0 Å². The summed E-state index contributed by atoms with van der Waals surface area (Å²) in [7, 11) is 4.43. The number of unbranched alkanes of at least 4 members (excludes halogenated alkanes) is 2. The molecule has 1 aromatic carbocycles. The van der Waals surface area contributed by atoms with Crippen molar-refractivity contribution in [2.45, 2.75) is 102 Å². The van der Waals surface area contributed by atoms with Gasteiger partial charge in [0.25, 0.3) is 0 Å². The molecule has 0 unspecified atom stereocenters. The van der Waals surface area contributed by atoms with Crippen molar-refractivity contribution in [2.24, 2.45) is 5.92 Å². The smallest absolute Gasteiger partial charge is 0.119 e. The highest BCUT2D eigenvalue weighted by molar-refractivity contribution is 5.29. The summed E-state index contributed by atoms with van der Waals surface area (Å²) in [6.07, 6.45) is 19.5. The minimum absolute atomic E-state index is 0.745. The molecule has 0 saturated heterocycles. The zero-order valence-corrected chi connectivity index (χ0v) is 18.5. The fraction of sp³-hybridized carbons (Fsp3) is 0.769. The molecule has 3 rings (SSSR count). The van der Waals surface area contributed by atoms with Gasteiger partial charge in [-0.25, -0.2) is 0 Å². The second kappa shape index (κ2) is 11.9. The van der Waals surface area contributed by atoms with Crippen LogP contribution >= 0.6 is 0 Å². The molecule has 0 spiro atoms. The highest BCUT2D eigenvalue weighted by Gasteiger charge is 2.23. The van der Waals surface area contributed by atoms with Crippen molar-refractivity contribution in [3.63, 3.8) is 0 Å². The van der Waals surface area contributed by atoms with Crippen molar-refractivity contribution >= 4 is 0 Å². The lowest BCUT2D eigenvalue weighted by Crippen LogP contribution is -2.31. The fourth-order valence-corrected chi connectivity index (χ4v) is 5.32. The molecule has 2 fully saturated rings. The molecule has 158 valence electrons. The molecule has 2 saturated carbocycles. The Morgan fingerprint density at radius 1 is 0.786 bits per heavy atom. The van der Waals surface area contributed by atoms with Crippen molar-refractivity contribution in [1.29, 1.82) is 0 Å². The minimum Gasteiger partial charge on any atom is -0.494 e. The van der Waals surface area contributed by atoms with Crippen LogP contribution in [0, 0.1) is 5.92 Å². The number of ether oxygens (including phenoxy) is 1. The fourth-order valence-electron chi connectivity index (χ4n) is 5.32. The van der Waals surface area contributed by atoms with Crippen LogP contribution in [0.2, 0.25) is 0 Å². The van der Waals surface area contributed by atoms with E-state index in [1.165, 1.54) is 95.5 Å². The van der Waals surface area contributed by atoms with E-state index in [2.05, 4.69) is 43.3 Å². The summed E-state index contributed by atoms with van der Waals surface area (Å²) in [5.74, 6) is 2.81. The van der Waals surface area contributed by atoms with Crippen LogP contribution in [0.25, 0.3) is 0 Å². The predicted molar refractivity (Wildman–Crippen MR) is 120 cm³/mol. The molecule has 1 aromatic rings. The van der Waals surface area contributed by atoms with Crippen LogP contribution in [0.5, 0.6) is 5.75 Å². The van der Waals surface area contributed by atoms with Gasteiger partial charge in [0.2, 0.25) is 0 Å². The van der Waals surface area contributed by atoms with Crippen molar-refractivity contribution in [2.75, 3.05) is 20.7 Å². The molecule has 0 radical (unpaired) electrons. The van der Waals surface area contributed by atoms with Gasteiger partial charge in [-0.2, -0.15) is 0 Å². The molecule has 0 heterocycles. The van der Waals surface area contributed by atoms with Crippen LogP contribution in [0.4, 0.5) is 0 Å². The average molecular weight is 386 g/mol. The molecule has 0 aliphatic heterocycles. The maximum Gasteiger partial charge on any atom is 0.119 e. The Morgan fingerprint density at radius 2 is 1.46 bits per heavy atom. The Hall–Kier alpha value is -1.02. The standard InChI is InChI=1S/C26H43NO/c1-27(2)25-17-13-23(14-18-25)24-15-19-26(20-16-24)28-21-9-5-8-12-22-10-6-3-4-7-11-22/h15-16,19-20,22-23,25H,3-14,17-18,21H2,1-2H3. The van der Waals surface area contributed by atoms with Crippen molar-refractivity contribution in [3.8, 4) is 5.75 Å². The van der Waals surface area contributed by atoms with Crippen LogP contribution in [0.1, 0.15) is 101 Å². The van der Waals surface area contributed by atoms with Gasteiger partial charge in [-0.05, 0) is 75.7 Å². The summed E-state index contributed by atoms with van der Waals surface area (Å²) in [6.45, 7) is 0.873. The van der Waals surface area contributed by atoms with E-state index in [-0.39, 0.29) is 0 Å². The van der Waals surface area contributed by atoms with E-state index in [9.17, 15) is 0 Å². The first-order valence-electron chi connectivity index (χ1n) is 12.1. The van der Waals surface area contributed by atoms with E-state index in [1.54, 1.807) is 0 Å². The minimum atomic E-state index is 0.745. The lowest BCUT2D eigenvalue weighted by molar-refractivity contribution is 0.216. The largest absolute Gasteiger partial charge is 0.494 e. The maximum absolute atomic E-state index is 6.00. The number of rotatable bonds is 9. The quantitative estimate of drug-likeness (QED) is 0.329. The molecule has 0 N–H and O–H groups in total. The third kappa shape index (κ3) is 7.10. The van der Waals surface area contributed by atoms with Gasteiger partial charge in [0, 0.05) is 6.04 Å². The summed E-state index contributed by atoms with van der Waals surface area (Å²) < 4.78 is 6.00. The summed E-state index contributed by atoms with van der Waals surface area (Å²) in [5, 5.41) is 0. The molecule has 2 aliphatic rings. The Labute approximate surface area is 174 Å². The average Bonchev–Trinajstić information content (AvgIpc) is 3.00. The van der Waals surface area contributed by atoms with Crippen LogP contribution in [-0.4, -0.2) is 31.6 Å². The zero-order chi connectivity index (χ0) is 19.6. The molecule has 0 bridgehead atoms. The second-order valence-corrected chi connectivity index (χ2v) is 9.59. The molecule has 28 heavy (non-hydrogen) atoms. The van der Waals surface area contributed by atoms with Gasteiger partial charge in [-0.1, -0.05) is 69.9 Å². The summed E-state index contributed by atoms with van der Waals surface area (Å²) in [6, 6.07) is 9.78. The van der Waals surface area contributed by atoms with Gasteiger partial charge in [0.05, 0.1) is 6.61 Å². The van der Waals surface area contributed by atoms with E-state index in [4.69, 9.17) is 4.74 Å². The van der Waals surface area contributed by atoms with E-state index in [0.29, 0.717) is 0 Å². The van der Waals surface area contributed by atoms with Crippen LogP contribution in [-0.2, 0) is 0 Å². The first-order valence-corrected chi connectivity index (χ1v) is 12.1. The molecule has 0 atom stereocenters. The third-order valence-corrected chi connectivity index (χ3v) is 7.28. The molecular formula is C26H43NO. The van der Waals surface area contributed by atoms with Gasteiger partial charge in [0.1, 0.15) is 5.75 Å². The van der Waals surface area contributed by atoms with Crippen LogP contribution in [0.3, 0.4) is 0 Å². The SMILES string of the molecule is CN(C)C1CCC(c2ccc(OCCCCCC3CCCCCC3)cc2)CC1. The zero-order valence-electron chi connectivity index (χ0n) is 18.5.